The van der Waals surface area contributed by atoms with Crippen LogP contribution in [-0.2, 0) is 6.54 Å². The second-order valence-electron chi connectivity index (χ2n) is 3.39. The van der Waals surface area contributed by atoms with Crippen molar-refractivity contribution in [3.8, 4) is 0 Å². The average molecular weight is 262 g/mol. The molecule has 0 fully saturated rings. The Morgan fingerprint density at radius 1 is 1.37 bits per heavy atom. The van der Waals surface area contributed by atoms with Gasteiger partial charge in [-0.15, -0.1) is 0 Å². The van der Waals surface area contributed by atoms with Gasteiger partial charge in [-0.1, -0.05) is 0 Å². The molecule has 2 aromatic heterocycles. The van der Waals surface area contributed by atoms with Crippen molar-refractivity contribution in [1.29, 1.82) is 0 Å². The number of aromatic nitrogens is 4. The molecule has 98 valence electrons. The second kappa shape index (κ2) is 5.64. The Kier molecular flexibility index (Phi) is 3.73. The summed E-state index contributed by atoms with van der Waals surface area (Å²) in [6, 6.07) is 3.44. The van der Waals surface area contributed by atoms with Crippen molar-refractivity contribution in [3.63, 3.8) is 0 Å². The Bertz CT molecular complexity index is 576. The topological polar surface area (TPSA) is 145 Å². The number of nitrogens with two attached hydrogens (primary N) is 1. The van der Waals surface area contributed by atoms with E-state index in [2.05, 4.69) is 30.9 Å². The van der Waals surface area contributed by atoms with Crippen LogP contribution in [0.25, 0.3) is 0 Å². The van der Waals surface area contributed by atoms with Crippen molar-refractivity contribution in [1.82, 2.24) is 20.2 Å². The number of hydrazine groups is 1. The van der Waals surface area contributed by atoms with Crippen LogP contribution in [0.1, 0.15) is 5.69 Å². The van der Waals surface area contributed by atoms with Crippen molar-refractivity contribution in [2.45, 2.75) is 6.54 Å². The lowest BCUT2D eigenvalue weighted by atomic mass is 10.3. The molecule has 0 atom stereocenters. The van der Waals surface area contributed by atoms with Gasteiger partial charge in [0.25, 0.3) is 0 Å². The van der Waals surface area contributed by atoms with E-state index >= 15 is 0 Å². The highest BCUT2D eigenvalue weighted by molar-refractivity contribution is 5.68. The van der Waals surface area contributed by atoms with Gasteiger partial charge in [0.1, 0.15) is 6.33 Å². The molecule has 4 N–H and O–H groups in total. The lowest BCUT2D eigenvalue weighted by Crippen LogP contribution is -2.14. The summed E-state index contributed by atoms with van der Waals surface area (Å²) in [6.45, 7) is 0.246. The molecule has 10 heteroatoms. The molecule has 0 spiro atoms. The number of nitro groups is 1. The zero-order chi connectivity index (χ0) is 13.7. The van der Waals surface area contributed by atoms with Crippen LogP contribution in [0.4, 0.5) is 17.3 Å². The normalized spacial score (nSPS) is 9.95. The van der Waals surface area contributed by atoms with Crippen LogP contribution in [0.2, 0.25) is 0 Å². The maximum atomic E-state index is 11.0. The van der Waals surface area contributed by atoms with Gasteiger partial charge in [0.2, 0.25) is 11.6 Å². The van der Waals surface area contributed by atoms with Gasteiger partial charge in [-0.3, -0.25) is 10.1 Å². The number of anilines is 2. The first-order valence-electron chi connectivity index (χ1n) is 5.19. The maximum absolute atomic E-state index is 11.0. The largest absolute Gasteiger partial charge is 0.358 e. The van der Waals surface area contributed by atoms with E-state index in [0.717, 1.165) is 0 Å². The number of nitrogen functional groups attached to an aromatic ring is 1. The summed E-state index contributed by atoms with van der Waals surface area (Å²) in [7, 11) is 0. The Balaban J connectivity index is 2.23. The van der Waals surface area contributed by atoms with Crippen molar-refractivity contribution >= 4 is 17.3 Å². The molecule has 2 aromatic rings. The maximum Gasteiger partial charge on any atom is 0.354 e. The van der Waals surface area contributed by atoms with E-state index < -0.39 is 4.92 Å². The Labute approximate surface area is 107 Å². The van der Waals surface area contributed by atoms with Gasteiger partial charge in [-0.05, 0) is 12.1 Å². The molecule has 0 aliphatic carbocycles. The summed E-state index contributed by atoms with van der Waals surface area (Å²) in [4.78, 5) is 17.9. The fourth-order valence-corrected chi connectivity index (χ4v) is 1.39. The average Bonchev–Trinajstić information content (AvgIpc) is 2.45. The molecule has 0 bridgehead atoms. The number of nitrogens with one attached hydrogen (secondary N) is 2. The van der Waals surface area contributed by atoms with Crippen LogP contribution in [0.3, 0.4) is 0 Å². The molecular weight excluding hydrogens is 252 g/mol. The zero-order valence-electron chi connectivity index (χ0n) is 9.65. The quantitative estimate of drug-likeness (QED) is 0.387. The summed E-state index contributed by atoms with van der Waals surface area (Å²) >= 11 is 0. The first-order valence-corrected chi connectivity index (χ1v) is 5.19. The number of hydrogen-bond donors (Lipinski definition) is 3. The predicted octanol–water partition coefficient (Wildman–Crippen LogP) is 0.0725. The van der Waals surface area contributed by atoms with E-state index in [1.54, 1.807) is 12.1 Å². The number of rotatable bonds is 5. The third kappa shape index (κ3) is 2.87. The van der Waals surface area contributed by atoms with Crippen molar-refractivity contribution in [2.24, 2.45) is 5.84 Å². The molecule has 0 amide bonds. The summed E-state index contributed by atoms with van der Waals surface area (Å²) in [5.41, 5.74) is 2.45. The van der Waals surface area contributed by atoms with Crippen LogP contribution in [0.5, 0.6) is 0 Å². The molecule has 0 aromatic carbocycles. The molecule has 0 unspecified atom stereocenters. The molecule has 10 nitrogen and oxygen atoms in total. The highest BCUT2D eigenvalue weighted by Gasteiger charge is 2.22. The van der Waals surface area contributed by atoms with Gasteiger partial charge in [-0.25, -0.2) is 15.8 Å². The molecule has 0 radical (unpaired) electrons. The fraction of sp³-hybridized carbons (Fsp3) is 0.111. The Morgan fingerprint density at radius 2 is 2.16 bits per heavy atom. The summed E-state index contributed by atoms with van der Waals surface area (Å²) in [5, 5.41) is 21.3. The zero-order valence-corrected chi connectivity index (χ0v) is 9.65. The van der Waals surface area contributed by atoms with E-state index in [4.69, 9.17) is 5.84 Å². The summed E-state index contributed by atoms with van der Waals surface area (Å²) in [5.74, 6) is 5.16. The summed E-state index contributed by atoms with van der Waals surface area (Å²) < 4.78 is 0. The fourth-order valence-electron chi connectivity index (χ4n) is 1.39. The second-order valence-corrected chi connectivity index (χ2v) is 3.39. The van der Waals surface area contributed by atoms with Gasteiger partial charge in [0.15, 0.2) is 0 Å². The standard InChI is InChI=1S/C9H10N8O2/c10-15-9-7(17(18)19)8(12-5-13-9)11-4-6-2-1-3-14-16-6/h1-3,5H,4,10H2,(H2,11,12,13,15). The lowest BCUT2D eigenvalue weighted by molar-refractivity contribution is -0.383. The Morgan fingerprint density at radius 3 is 2.79 bits per heavy atom. The Hall–Kier alpha value is -2.88. The first-order chi connectivity index (χ1) is 9.22. The van der Waals surface area contributed by atoms with E-state index in [1.807, 2.05) is 0 Å². The smallest absolute Gasteiger partial charge is 0.354 e. The van der Waals surface area contributed by atoms with E-state index in [-0.39, 0.29) is 23.9 Å². The van der Waals surface area contributed by atoms with Crippen LogP contribution in [-0.4, -0.2) is 25.1 Å². The predicted molar refractivity (Wildman–Crippen MR) is 65.9 cm³/mol. The first kappa shape index (κ1) is 12.6. The van der Waals surface area contributed by atoms with Crippen LogP contribution < -0.4 is 16.6 Å². The van der Waals surface area contributed by atoms with Crippen molar-refractivity contribution in [2.75, 3.05) is 10.7 Å². The SMILES string of the molecule is NNc1ncnc(NCc2cccnn2)c1[N+](=O)[O-]. The molecule has 0 saturated heterocycles. The van der Waals surface area contributed by atoms with Gasteiger partial charge in [0.05, 0.1) is 17.2 Å². The molecular formula is C9H10N8O2. The van der Waals surface area contributed by atoms with Crippen LogP contribution in [0.15, 0.2) is 24.7 Å². The third-order valence-electron chi connectivity index (χ3n) is 2.21. The highest BCUT2D eigenvalue weighted by Crippen LogP contribution is 2.28. The van der Waals surface area contributed by atoms with E-state index in [9.17, 15) is 10.1 Å². The van der Waals surface area contributed by atoms with Crippen molar-refractivity contribution < 1.29 is 4.92 Å². The number of nitrogens with zero attached hydrogens (tertiary/aromatic N) is 5. The molecule has 0 saturated carbocycles. The molecule has 2 rings (SSSR count). The van der Waals surface area contributed by atoms with Crippen LogP contribution >= 0.6 is 0 Å². The minimum absolute atomic E-state index is 0.0543. The monoisotopic (exact) mass is 262 g/mol. The van der Waals surface area contributed by atoms with Gasteiger partial charge >= 0.3 is 5.69 Å². The van der Waals surface area contributed by atoms with E-state index in [1.165, 1.54) is 12.5 Å². The number of hydrogen-bond acceptors (Lipinski definition) is 9. The minimum Gasteiger partial charge on any atom is -0.358 e. The van der Waals surface area contributed by atoms with E-state index in [0.29, 0.717) is 5.69 Å². The lowest BCUT2D eigenvalue weighted by Gasteiger charge is -2.07. The summed E-state index contributed by atoms with van der Waals surface area (Å²) in [6.07, 6.45) is 2.70. The molecule has 19 heavy (non-hydrogen) atoms. The van der Waals surface area contributed by atoms with Crippen LogP contribution in [0, 0.1) is 10.1 Å². The van der Waals surface area contributed by atoms with Crippen molar-refractivity contribution in [3.05, 3.63) is 40.5 Å². The molecule has 2 heterocycles. The van der Waals surface area contributed by atoms with Gasteiger partial charge < -0.3 is 10.7 Å². The molecule has 0 aliphatic rings. The van der Waals surface area contributed by atoms with Gasteiger partial charge in [0, 0.05) is 6.20 Å². The highest BCUT2D eigenvalue weighted by atomic mass is 16.6. The third-order valence-corrected chi connectivity index (χ3v) is 2.21. The molecule has 0 aliphatic heterocycles. The van der Waals surface area contributed by atoms with Gasteiger partial charge in [-0.2, -0.15) is 10.2 Å². The minimum atomic E-state index is -0.617.